The number of nitrogens with zero attached hydrogens (tertiary/aromatic N) is 1. The van der Waals surface area contributed by atoms with Gasteiger partial charge >= 0.3 is 12.1 Å². The van der Waals surface area contributed by atoms with Crippen molar-refractivity contribution in [2.45, 2.75) is 71.1 Å². The molecule has 7 heteroatoms. The van der Waals surface area contributed by atoms with Crippen molar-refractivity contribution in [2.24, 2.45) is 0 Å². The Hall–Kier alpha value is -3.01. The van der Waals surface area contributed by atoms with Gasteiger partial charge in [0.1, 0.15) is 5.60 Å². The highest BCUT2D eigenvalue weighted by atomic mass is 16.6. The zero-order valence-electron chi connectivity index (χ0n) is 18.2. The van der Waals surface area contributed by atoms with Crippen LogP contribution >= 0.6 is 0 Å². The number of alkyl carbamates (subject to hydrolysis) is 1. The van der Waals surface area contributed by atoms with E-state index in [4.69, 9.17) is 9.47 Å². The summed E-state index contributed by atoms with van der Waals surface area (Å²) in [6, 6.07) is 7.77. The molecule has 0 spiro atoms. The summed E-state index contributed by atoms with van der Waals surface area (Å²) in [5.74, 6) is -0.401. The number of anilines is 1. The Morgan fingerprint density at radius 3 is 2.47 bits per heavy atom. The summed E-state index contributed by atoms with van der Waals surface area (Å²) in [6.07, 6.45) is 6.11. The normalized spacial score (nSPS) is 19.0. The second-order valence-electron chi connectivity index (χ2n) is 8.34. The molecule has 1 fully saturated rings. The first-order chi connectivity index (χ1) is 14.2. The van der Waals surface area contributed by atoms with Gasteiger partial charge < -0.3 is 20.1 Å². The lowest BCUT2D eigenvalue weighted by molar-refractivity contribution is -0.137. The second-order valence-corrected chi connectivity index (χ2v) is 8.34. The van der Waals surface area contributed by atoms with Crippen LogP contribution in [0, 0.1) is 11.3 Å². The lowest BCUT2D eigenvalue weighted by Crippen LogP contribution is -2.42. The lowest BCUT2D eigenvalue weighted by Gasteiger charge is -2.31. The van der Waals surface area contributed by atoms with E-state index >= 15 is 0 Å². The number of nitrogens with one attached hydrogen (secondary N) is 2. The van der Waals surface area contributed by atoms with Crippen LogP contribution in [0.4, 0.5) is 10.5 Å². The van der Waals surface area contributed by atoms with Crippen LogP contribution in [0.1, 0.15) is 64.5 Å². The summed E-state index contributed by atoms with van der Waals surface area (Å²) in [5, 5.41) is 15.7. The third-order valence-electron chi connectivity index (χ3n) is 4.68. The Morgan fingerprint density at radius 2 is 1.87 bits per heavy atom. The minimum absolute atomic E-state index is 0.0894. The maximum atomic E-state index is 12.0. The molecule has 0 radical (unpaired) electrons. The highest BCUT2D eigenvalue weighted by molar-refractivity contribution is 5.88. The Kier molecular flexibility index (Phi) is 8.28. The number of carbonyl (C=O) groups excluding carboxylic acids is 2. The fourth-order valence-corrected chi connectivity index (χ4v) is 3.32. The van der Waals surface area contributed by atoms with Gasteiger partial charge in [-0.05, 0) is 77.2 Å². The van der Waals surface area contributed by atoms with Gasteiger partial charge in [0.2, 0.25) is 0 Å². The lowest BCUT2D eigenvalue weighted by atomic mass is 9.91. The van der Waals surface area contributed by atoms with E-state index in [1.54, 1.807) is 25.1 Å². The number of esters is 1. The van der Waals surface area contributed by atoms with E-state index in [1.807, 2.05) is 26.8 Å². The molecule has 1 saturated carbocycles. The molecule has 30 heavy (non-hydrogen) atoms. The Balaban J connectivity index is 1.97. The van der Waals surface area contributed by atoms with Crippen LogP contribution in [0.5, 0.6) is 0 Å². The molecule has 0 aromatic heterocycles. The van der Waals surface area contributed by atoms with Gasteiger partial charge in [-0.3, -0.25) is 0 Å². The van der Waals surface area contributed by atoms with Crippen molar-refractivity contribution >= 4 is 23.8 Å². The van der Waals surface area contributed by atoms with Crippen LogP contribution in [-0.4, -0.2) is 36.4 Å². The number of benzene rings is 1. The quantitative estimate of drug-likeness (QED) is 0.530. The molecule has 0 aliphatic heterocycles. The van der Waals surface area contributed by atoms with Crippen molar-refractivity contribution in [3.63, 3.8) is 0 Å². The van der Waals surface area contributed by atoms with Crippen molar-refractivity contribution in [3.8, 4) is 6.07 Å². The number of ether oxygens (including phenoxy) is 2. The highest BCUT2D eigenvalue weighted by Gasteiger charge is 2.25. The fourth-order valence-electron chi connectivity index (χ4n) is 3.32. The van der Waals surface area contributed by atoms with Gasteiger partial charge in [0.05, 0.1) is 18.2 Å². The van der Waals surface area contributed by atoms with E-state index in [-0.39, 0.29) is 18.2 Å². The van der Waals surface area contributed by atoms with Gasteiger partial charge in [-0.2, -0.15) is 5.26 Å². The zero-order chi connectivity index (χ0) is 22.1. The smallest absolute Gasteiger partial charge is 0.407 e. The topological polar surface area (TPSA) is 100 Å². The average molecular weight is 414 g/mol. The Bertz CT molecular complexity index is 813. The van der Waals surface area contributed by atoms with Crippen LogP contribution in [0.15, 0.2) is 24.3 Å². The Labute approximate surface area is 178 Å². The van der Waals surface area contributed by atoms with E-state index in [9.17, 15) is 14.9 Å². The summed E-state index contributed by atoms with van der Waals surface area (Å²) in [5.41, 5.74) is 1.66. The molecule has 1 aromatic carbocycles. The van der Waals surface area contributed by atoms with Gasteiger partial charge in [0, 0.05) is 23.8 Å². The maximum absolute atomic E-state index is 12.0. The van der Waals surface area contributed by atoms with Gasteiger partial charge in [-0.15, -0.1) is 0 Å². The van der Waals surface area contributed by atoms with Crippen molar-refractivity contribution in [2.75, 3.05) is 11.9 Å². The molecule has 1 aliphatic carbocycles. The van der Waals surface area contributed by atoms with E-state index in [1.165, 1.54) is 6.08 Å². The molecule has 0 atom stereocenters. The van der Waals surface area contributed by atoms with Crippen molar-refractivity contribution in [1.82, 2.24) is 5.32 Å². The van der Waals surface area contributed by atoms with Gasteiger partial charge in [-0.25, -0.2) is 9.59 Å². The predicted molar refractivity (Wildman–Crippen MR) is 116 cm³/mol. The van der Waals surface area contributed by atoms with Crippen LogP contribution in [0.25, 0.3) is 6.08 Å². The summed E-state index contributed by atoms with van der Waals surface area (Å²) in [6.45, 7) is 7.61. The standard InChI is InChI=1S/C23H31N3O4/c1-5-29-21(27)13-8-17-7-6-16(15-24)14-20(17)25-18-9-11-19(12-10-18)26-22(28)30-23(2,3)4/h6-8,13-14,18-19,25H,5,9-12H2,1-4H3,(H,26,28)/b13-8+. The highest BCUT2D eigenvalue weighted by Crippen LogP contribution is 2.26. The number of hydrogen-bond donors (Lipinski definition) is 2. The first kappa shape index (κ1) is 23.3. The minimum Gasteiger partial charge on any atom is -0.463 e. The first-order valence-corrected chi connectivity index (χ1v) is 10.3. The fraction of sp³-hybridized carbons (Fsp3) is 0.522. The molecular weight excluding hydrogens is 382 g/mol. The summed E-state index contributed by atoms with van der Waals surface area (Å²) in [4.78, 5) is 23.6. The van der Waals surface area contributed by atoms with Gasteiger partial charge in [-0.1, -0.05) is 6.07 Å². The van der Waals surface area contributed by atoms with Gasteiger partial charge in [0.15, 0.2) is 0 Å². The molecule has 162 valence electrons. The molecule has 0 heterocycles. The van der Waals surface area contributed by atoms with Crippen molar-refractivity contribution < 1.29 is 19.1 Å². The van der Waals surface area contributed by atoms with Gasteiger partial charge in [0.25, 0.3) is 0 Å². The third-order valence-corrected chi connectivity index (χ3v) is 4.68. The number of hydrogen-bond acceptors (Lipinski definition) is 6. The van der Waals surface area contributed by atoms with Crippen LogP contribution in [-0.2, 0) is 14.3 Å². The van der Waals surface area contributed by atoms with Crippen molar-refractivity contribution in [1.29, 1.82) is 5.26 Å². The van der Waals surface area contributed by atoms with E-state index in [0.29, 0.717) is 12.2 Å². The SMILES string of the molecule is CCOC(=O)/C=C/c1ccc(C#N)cc1NC1CCC(NC(=O)OC(C)(C)C)CC1. The third kappa shape index (κ3) is 7.78. The number of carbonyl (C=O) groups is 2. The van der Waals surface area contributed by atoms with E-state index < -0.39 is 11.6 Å². The molecular formula is C23H31N3O4. The number of amides is 1. The minimum atomic E-state index is -0.512. The molecule has 2 N–H and O–H groups in total. The van der Waals surface area contributed by atoms with E-state index in [0.717, 1.165) is 36.9 Å². The molecule has 1 amide bonds. The molecule has 7 nitrogen and oxygen atoms in total. The van der Waals surface area contributed by atoms with Crippen LogP contribution in [0.2, 0.25) is 0 Å². The molecule has 0 unspecified atom stereocenters. The number of nitriles is 1. The molecule has 1 aromatic rings. The largest absolute Gasteiger partial charge is 0.463 e. The van der Waals surface area contributed by atoms with Crippen molar-refractivity contribution in [3.05, 3.63) is 35.4 Å². The van der Waals surface area contributed by atoms with Crippen LogP contribution in [0.3, 0.4) is 0 Å². The summed E-state index contributed by atoms with van der Waals surface area (Å²) >= 11 is 0. The Morgan fingerprint density at radius 1 is 1.20 bits per heavy atom. The van der Waals surface area contributed by atoms with E-state index in [2.05, 4.69) is 16.7 Å². The maximum Gasteiger partial charge on any atom is 0.407 e. The first-order valence-electron chi connectivity index (χ1n) is 10.3. The number of rotatable bonds is 6. The summed E-state index contributed by atoms with van der Waals surface area (Å²) < 4.78 is 10.3. The molecule has 1 aliphatic rings. The molecule has 2 rings (SSSR count). The average Bonchev–Trinajstić information content (AvgIpc) is 2.67. The second kappa shape index (κ2) is 10.7. The van der Waals surface area contributed by atoms with Crippen LogP contribution < -0.4 is 10.6 Å². The monoisotopic (exact) mass is 413 g/mol. The molecule has 0 saturated heterocycles. The zero-order valence-corrected chi connectivity index (χ0v) is 18.2. The predicted octanol–water partition coefficient (Wildman–Crippen LogP) is 4.38. The summed E-state index contributed by atoms with van der Waals surface area (Å²) in [7, 11) is 0. The molecule has 0 bridgehead atoms.